The molecule has 27 heavy (non-hydrogen) atoms. The van der Waals surface area contributed by atoms with Gasteiger partial charge in [-0.15, -0.1) is 0 Å². The molecule has 0 bridgehead atoms. The molecule has 0 aliphatic carbocycles. The fraction of sp³-hybridized carbons (Fsp3) is 0.381. The van der Waals surface area contributed by atoms with Crippen LogP contribution in [0.2, 0.25) is 5.02 Å². The van der Waals surface area contributed by atoms with Gasteiger partial charge in [-0.3, -0.25) is 4.79 Å². The molecule has 2 N–H and O–H groups in total. The van der Waals surface area contributed by atoms with Crippen LogP contribution in [0.3, 0.4) is 0 Å². The minimum absolute atomic E-state index is 0.0696. The summed E-state index contributed by atoms with van der Waals surface area (Å²) < 4.78 is 10.9. The Balaban J connectivity index is 1.73. The Hall–Kier alpha value is -2.24. The number of nitrogens with two attached hydrogens (primary N) is 1. The molecule has 5 nitrogen and oxygen atoms in total. The topological polar surface area (TPSA) is 64.8 Å². The summed E-state index contributed by atoms with van der Waals surface area (Å²) in [5.41, 5.74) is 7.96. The molecular weight excluding hydrogens is 364 g/mol. The number of benzene rings is 2. The molecule has 1 heterocycles. The lowest BCUT2D eigenvalue weighted by Crippen LogP contribution is -2.32. The second-order valence-corrected chi connectivity index (χ2v) is 7.16. The maximum absolute atomic E-state index is 12.9. The number of likely N-dealkylation sites (tertiary alicyclic amines) is 1. The minimum Gasteiger partial charge on any atom is -0.497 e. The van der Waals surface area contributed by atoms with E-state index in [-0.39, 0.29) is 17.9 Å². The molecule has 3 rings (SSSR count). The van der Waals surface area contributed by atoms with Gasteiger partial charge in [-0.05, 0) is 42.3 Å². The Morgan fingerprint density at radius 1 is 1.26 bits per heavy atom. The molecule has 2 atom stereocenters. The third-order valence-corrected chi connectivity index (χ3v) is 5.11. The number of carbonyl (C=O) groups is 1. The molecule has 1 aliphatic heterocycles. The number of hydrogen-bond donors (Lipinski definition) is 1. The number of carbonyl (C=O) groups excluding carboxylic acids is 1. The van der Waals surface area contributed by atoms with Crippen LogP contribution in [0.4, 0.5) is 0 Å². The van der Waals surface area contributed by atoms with Crippen molar-refractivity contribution < 1.29 is 14.3 Å². The second kappa shape index (κ2) is 8.63. The third kappa shape index (κ3) is 4.37. The van der Waals surface area contributed by atoms with Gasteiger partial charge >= 0.3 is 0 Å². The van der Waals surface area contributed by atoms with Crippen molar-refractivity contribution in [1.82, 2.24) is 4.90 Å². The maximum atomic E-state index is 12.9. The molecule has 1 saturated heterocycles. The summed E-state index contributed by atoms with van der Waals surface area (Å²) in [6.07, 6.45) is 0.897. The van der Waals surface area contributed by atoms with Crippen LogP contribution in [0.1, 0.15) is 35.2 Å². The fourth-order valence-corrected chi connectivity index (χ4v) is 3.60. The van der Waals surface area contributed by atoms with Gasteiger partial charge in [-0.2, -0.15) is 0 Å². The number of rotatable bonds is 6. The van der Waals surface area contributed by atoms with Crippen molar-refractivity contribution in [2.75, 3.05) is 26.8 Å². The Morgan fingerprint density at radius 2 is 2.07 bits per heavy atom. The zero-order chi connectivity index (χ0) is 19.4. The van der Waals surface area contributed by atoms with Gasteiger partial charge in [0, 0.05) is 30.6 Å². The lowest BCUT2D eigenvalue weighted by atomic mass is 9.95. The van der Waals surface area contributed by atoms with E-state index in [9.17, 15) is 4.79 Å². The van der Waals surface area contributed by atoms with E-state index in [0.717, 1.165) is 17.7 Å². The predicted molar refractivity (Wildman–Crippen MR) is 107 cm³/mol. The number of methoxy groups -OCH3 is 1. The van der Waals surface area contributed by atoms with Crippen molar-refractivity contribution in [3.8, 4) is 11.5 Å². The van der Waals surface area contributed by atoms with Crippen molar-refractivity contribution in [2.24, 2.45) is 5.73 Å². The van der Waals surface area contributed by atoms with Gasteiger partial charge in [-0.1, -0.05) is 30.7 Å². The normalized spacial score (nSPS) is 19.2. The molecule has 2 aromatic carbocycles. The van der Waals surface area contributed by atoms with Crippen LogP contribution < -0.4 is 15.2 Å². The largest absolute Gasteiger partial charge is 0.497 e. The minimum atomic E-state index is -0.122. The average molecular weight is 389 g/mol. The van der Waals surface area contributed by atoms with Crippen molar-refractivity contribution in [3.63, 3.8) is 0 Å². The highest BCUT2D eigenvalue weighted by Crippen LogP contribution is 2.31. The van der Waals surface area contributed by atoms with Crippen molar-refractivity contribution >= 4 is 17.5 Å². The Bertz CT molecular complexity index is 812. The van der Waals surface area contributed by atoms with Crippen LogP contribution in [0, 0.1) is 0 Å². The van der Waals surface area contributed by atoms with Gasteiger partial charge in [0.05, 0.1) is 18.7 Å². The zero-order valence-electron chi connectivity index (χ0n) is 15.7. The number of amides is 1. The van der Waals surface area contributed by atoms with E-state index < -0.39 is 0 Å². The van der Waals surface area contributed by atoms with Gasteiger partial charge in [-0.25, -0.2) is 0 Å². The van der Waals surface area contributed by atoms with Crippen LogP contribution in [0.25, 0.3) is 0 Å². The van der Waals surface area contributed by atoms with Gasteiger partial charge in [0.25, 0.3) is 5.91 Å². The third-order valence-electron chi connectivity index (χ3n) is 4.81. The second-order valence-electron chi connectivity index (χ2n) is 6.75. The zero-order valence-corrected chi connectivity index (χ0v) is 16.4. The van der Waals surface area contributed by atoms with E-state index in [1.54, 1.807) is 30.2 Å². The summed E-state index contributed by atoms with van der Waals surface area (Å²) in [5, 5.41) is 0.446. The average Bonchev–Trinajstić information content (AvgIpc) is 3.08. The standard InChI is InChI=1S/C21H25ClN2O3/c1-3-9-27-20-8-7-15(11-18(20)22)21(25)24-12-17(19(23)13-24)14-5-4-6-16(10-14)26-2/h4-8,10-11,17,19H,3,9,12-13,23H2,1-2H3/t17-,19+/m1/s1. The molecule has 144 valence electrons. The van der Waals surface area contributed by atoms with Crippen molar-refractivity contribution in [2.45, 2.75) is 25.3 Å². The molecule has 0 radical (unpaired) electrons. The monoisotopic (exact) mass is 388 g/mol. The molecule has 0 aromatic heterocycles. The van der Waals surface area contributed by atoms with E-state index in [4.69, 9.17) is 26.8 Å². The van der Waals surface area contributed by atoms with E-state index in [0.29, 0.717) is 36.0 Å². The number of halogens is 1. The lowest BCUT2D eigenvalue weighted by molar-refractivity contribution is 0.0789. The summed E-state index contributed by atoms with van der Waals surface area (Å²) in [5.74, 6) is 1.40. The number of ether oxygens (including phenoxy) is 2. The first-order valence-electron chi connectivity index (χ1n) is 9.14. The smallest absolute Gasteiger partial charge is 0.253 e. The predicted octanol–water partition coefficient (Wildman–Crippen LogP) is 3.70. The summed E-state index contributed by atoms with van der Waals surface area (Å²) in [7, 11) is 1.64. The summed E-state index contributed by atoms with van der Waals surface area (Å²) in [4.78, 5) is 14.7. The SMILES string of the molecule is CCCOc1ccc(C(=O)N2C[C@H](c3cccc(OC)c3)[C@@H](N)C2)cc1Cl. The molecule has 6 heteroatoms. The van der Waals surface area contributed by atoms with Gasteiger partial charge in [0.1, 0.15) is 11.5 Å². The Kier molecular flexibility index (Phi) is 6.24. The van der Waals surface area contributed by atoms with Gasteiger partial charge in [0.15, 0.2) is 0 Å². The molecule has 0 saturated carbocycles. The summed E-state index contributed by atoms with van der Waals surface area (Å²) >= 11 is 6.27. The van der Waals surface area contributed by atoms with Crippen molar-refractivity contribution in [3.05, 3.63) is 58.6 Å². The van der Waals surface area contributed by atoms with E-state index in [1.807, 2.05) is 31.2 Å². The summed E-state index contributed by atoms with van der Waals surface area (Å²) in [6, 6.07) is 12.9. The van der Waals surface area contributed by atoms with Crippen LogP contribution in [-0.4, -0.2) is 43.7 Å². The van der Waals surface area contributed by atoms with Crippen LogP contribution in [-0.2, 0) is 0 Å². The first kappa shape index (κ1) is 19.5. The highest BCUT2D eigenvalue weighted by atomic mass is 35.5. The van der Waals surface area contributed by atoms with Crippen LogP contribution in [0.15, 0.2) is 42.5 Å². The molecule has 0 unspecified atom stereocenters. The van der Waals surface area contributed by atoms with E-state index >= 15 is 0 Å². The Morgan fingerprint density at radius 3 is 2.78 bits per heavy atom. The van der Waals surface area contributed by atoms with E-state index in [2.05, 4.69) is 0 Å². The molecule has 0 spiro atoms. The van der Waals surface area contributed by atoms with Crippen molar-refractivity contribution in [1.29, 1.82) is 0 Å². The van der Waals surface area contributed by atoms with E-state index in [1.165, 1.54) is 0 Å². The van der Waals surface area contributed by atoms with Gasteiger partial charge < -0.3 is 20.1 Å². The number of hydrogen-bond acceptors (Lipinski definition) is 4. The molecule has 1 amide bonds. The molecular formula is C21H25ClN2O3. The first-order chi connectivity index (χ1) is 13.0. The fourth-order valence-electron chi connectivity index (χ4n) is 3.37. The van der Waals surface area contributed by atoms with Crippen LogP contribution >= 0.6 is 11.6 Å². The lowest BCUT2D eigenvalue weighted by Gasteiger charge is -2.17. The molecule has 1 aliphatic rings. The Labute approximate surface area is 165 Å². The summed E-state index contributed by atoms with van der Waals surface area (Å²) in [6.45, 7) is 3.70. The number of nitrogens with zero attached hydrogens (tertiary/aromatic N) is 1. The quantitative estimate of drug-likeness (QED) is 0.819. The van der Waals surface area contributed by atoms with Gasteiger partial charge in [0.2, 0.25) is 0 Å². The first-order valence-corrected chi connectivity index (χ1v) is 9.52. The molecule has 1 fully saturated rings. The maximum Gasteiger partial charge on any atom is 0.253 e. The highest BCUT2D eigenvalue weighted by Gasteiger charge is 2.34. The van der Waals surface area contributed by atoms with Crippen LogP contribution in [0.5, 0.6) is 11.5 Å². The molecule has 2 aromatic rings. The highest BCUT2D eigenvalue weighted by molar-refractivity contribution is 6.32.